The number of methoxy groups -OCH3 is 1. The minimum atomic E-state index is -0.149. The Labute approximate surface area is 123 Å². The smallest absolute Gasteiger partial charge is 0.305 e. The minimum absolute atomic E-state index is 0.0319. The molecule has 1 aromatic carbocycles. The first-order valence-corrected chi connectivity index (χ1v) is 7.34. The zero-order valence-electron chi connectivity index (χ0n) is 11.8. The van der Waals surface area contributed by atoms with Gasteiger partial charge in [-0.2, -0.15) is 0 Å². The number of rotatable bonds is 6. The summed E-state index contributed by atoms with van der Waals surface area (Å²) < 4.78 is 5.73. The topological polar surface area (TPSA) is 52.3 Å². The van der Waals surface area contributed by atoms with Gasteiger partial charge >= 0.3 is 5.97 Å². The van der Waals surface area contributed by atoms with E-state index < -0.39 is 0 Å². The van der Waals surface area contributed by atoms with E-state index in [0.717, 1.165) is 23.7 Å². The van der Waals surface area contributed by atoms with E-state index in [0.29, 0.717) is 6.42 Å². The molecule has 0 spiro atoms. The Kier molecular flexibility index (Phi) is 6.52. The molecule has 0 bridgehead atoms. The lowest BCUT2D eigenvalue weighted by atomic mass is 9.95. The number of carbonyl (C=O) groups excluding carboxylic acids is 1. The van der Waals surface area contributed by atoms with Crippen molar-refractivity contribution < 1.29 is 9.53 Å². The number of unbranched alkanes of at least 4 members (excludes halogenated alkanes) is 1. The van der Waals surface area contributed by atoms with Crippen LogP contribution in [0, 0.1) is 13.8 Å². The van der Waals surface area contributed by atoms with Crippen LogP contribution in [0.1, 0.15) is 48.4 Å². The van der Waals surface area contributed by atoms with Gasteiger partial charge in [-0.25, -0.2) is 0 Å². The molecule has 0 aliphatic carbocycles. The van der Waals surface area contributed by atoms with E-state index in [9.17, 15) is 4.79 Å². The van der Waals surface area contributed by atoms with Gasteiger partial charge in [-0.3, -0.25) is 4.79 Å². The number of esters is 1. The molecule has 0 aliphatic heterocycles. The Morgan fingerprint density at radius 2 is 2.00 bits per heavy atom. The average Bonchev–Trinajstić information content (AvgIpc) is 2.38. The van der Waals surface area contributed by atoms with Crippen molar-refractivity contribution in [3.05, 3.63) is 33.3 Å². The molecule has 0 heterocycles. The molecule has 19 heavy (non-hydrogen) atoms. The quantitative estimate of drug-likeness (QED) is 0.638. The summed E-state index contributed by atoms with van der Waals surface area (Å²) in [4.78, 5) is 11.0. The van der Waals surface area contributed by atoms with Gasteiger partial charge in [0.1, 0.15) is 0 Å². The van der Waals surface area contributed by atoms with E-state index >= 15 is 0 Å². The van der Waals surface area contributed by atoms with Crippen molar-refractivity contribution in [1.29, 1.82) is 0 Å². The minimum Gasteiger partial charge on any atom is -0.469 e. The largest absolute Gasteiger partial charge is 0.469 e. The number of hydrogen-bond donors (Lipinski definition) is 1. The molecule has 0 fully saturated rings. The molecular formula is C15H22BrNO2. The fourth-order valence-electron chi connectivity index (χ4n) is 2.09. The number of carbonyl (C=O) groups is 1. The highest BCUT2D eigenvalue weighted by Gasteiger charge is 2.11. The number of ether oxygens (including phenoxy) is 1. The molecule has 2 N–H and O–H groups in total. The standard InChI is InChI=1S/C15H22BrNO2/c1-10-9-13(16)11(2)8-12(10)14(17)6-4-5-7-15(18)19-3/h8-9,14H,4-7,17H2,1-3H3. The number of halogens is 1. The molecule has 1 rings (SSSR count). The SMILES string of the molecule is COC(=O)CCCCC(N)c1cc(C)c(Br)cc1C. The van der Waals surface area contributed by atoms with Gasteiger partial charge in [-0.05, 0) is 49.4 Å². The second-order valence-corrected chi connectivity index (χ2v) is 5.74. The fourth-order valence-corrected chi connectivity index (χ4v) is 2.55. The lowest BCUT2D eigenvalue weighted by molar-refractivity contribution is -0.140. The van der Waals surface area contributed by atoms with Crippen LogP contribution in [0.2, 0.25) is 0 Å². The lowest BCUT2D eigenvalue weighted by Gasteiger charge is -2.16. The zero-order chi connectivity index (χ0) is 14.4. The van der Waals surface area contributed by atoms with Crippen molar-refractivity contribution in [1.82, 2.24) is 0 Å². The molecule has 1 atom stereocenters. The molecule has 4 heteroatoms. The number of aryl methyl sites for hydroxylation is 2. The van der Waals surface area contributed by atoms with Crippen LogP contribution in [0.3, 0.4) is 0 Å². The summed E-state index contributed by atoms with van der Waals surface area (Å²) in [6, 6.07) is 4.29. The average molecular weight is 328 g/mol. The van der Waals surface area contributed by atoms with Gasteiger partial charge in [0.2, 0.25) is 0 Å². The molecule has 1 aromatic rings. The number of nitrogens with two attached hydrogens (primary N) is 1. The van der Waals surface area contributed by atoms with E-state index in [1.165, 1.54) is 23.8 Å². The van der Waals surface area contributed by atoms with Crippen LogP contribution in [0.15, 0.2) is 16.6 Å². The first-order valence-electron chi connectivity index (χ1n) is 6.54. The van der Waals surface area contributed by atoms with Gasteiger partial charge in [0.25, 0.3) is 0 Å². The van der Waals surface area contributed by atoms with Crippen LogP contribution in [0.25, 0.3) is 0 Å². The third-order valence-electron chi connectivity index (χ3n) is 3.32. The van der Waals surface area contributed by atoms with E-state index in [2.05, 4.69) is 46.6 Å². The highest BCUT2D eigenvalue weighted by atomic mass is 79.9. The Bertz CT molecular complexity index is 446. The van der Waals surface area contributed by atoms with E-state index in [4.69, 9.17) is 5.73 Å². The van der Waals surface area contributed by atoms with Gasteiger partial charge < -0.3 is 10.5 Å². The summed E-state index contributed by atoms with van der Waals surface area (Å²) in [5, 5.41) is 0. The normalized spacial score (nSPS) is 12.3. The molecule has 0 aromatic heterocycles. The van der Waals surface area contributed by atoms with Crippen LogP contribution in [0.5, 0.6) is 0 Å². The molecule has 0 radical (unpaired) electrons. The van der Waals surface area contributed by atoms with E-state index in [1.54, 1.807) is 0 Å². The maximum absolute atomic E-state index is 11.0. The second-order valence-electron chi connectivity index (χ2n) is 4.89. The monoisotopic (exact) mass is 327 g/mol. The third kappa shape index (κ3) is 4.96. The van der Waals surface area contributed by atoms with Crippen LogP contribution in [-0.2, 0) is 9.53 Å². The van der Waals surface area contributed by atoms with E-state index in [-0.39, 0.29) is 12.0 Å². The Morgan fingerprint density at radius 1 is 1.32 bits per heavy atom. The van der Waals surface area contributed by atoms with Gasteiger partial charge in [-0.15, -0.1) is 0 Å². The number of benzene rings is 1. The van der Waals surface area contributed by atoms with Crippen molar-refractivity contribution >= 4 is 21.9 Å². The second kappa shape index (κ2) is 7.65. The van der Waals surface area contributed by atoms with Crippen LogP contribution in [-0.4, -0.2) is 13.1 Å². The van der Waals surface area contributed by atoms with E-state index in [1.807, 2.05) is 0 Å². The molecule has 0 saturated heterocycles. The van der Waals surface area contributed by atoms with Crippen molar-refractivity contribution in [2.24, 2.45) is 5.73 Å². The molecule has 1 unspecified atom stereocenters. The zero-order valence-corrected chi connectivity index (χ0v) is 13.4. The first kappa shape index (κ1) is 16.2. The number of hydrogen-bond acceptors (Lipinski definition) is 3. The van der Waals surface area contributed by atoms with Crippen molar-refractivity contribution in [2.75, 3.05) is 7.11 Å². The van der Waals surface area contributed by atoms with Crippen molar-refractivity contribution in [3.8, 4) is 0 Å². The Hall–Kier alpha value is -0.870. The summed E-state index contributed by atoms with van der Waals surface area (Å²) in [5.41, 5.74) is 9.83. The molecule has 0 aliphatic rings. The van der Waals surface area contributed by atoms with Gasteiger partial charge in [0.05, 0.1) is 7.11 Å². The summed E-state index contributed by atoms with van der Waals surface area (Å²) in [5.74, 6) is -0.149. The summed E-state index contributed by atoms with van der Waals surface area (Å²) in [6.45, 7) is 4.14. The summed E-state index contributed by atoms with van der Waals surface area (Å²) in [6.07, 6.45) is 3.13. The highest BCUT2D eigenvalue weighted by molar-refractivity contribution is 9.10. The predicted octanol–water partition coefficient (Wildman–Crippen LogP) is 3.80. The van der Waals surface area contributed by atoms with Gasteiger partial charge in [0.15, 0.2) is 0 Å². The molecule has 0 saturated carbocycles. The van der Waals surface area contributed by atoms with Crippen LogP contribution >= 0.6 is 15.9 Å². The van der Waals surface area contributed by atoms with Crippen LogP contribution < -0.4 is 5.73 Å². The first-order chi connectivity index (χ1) is 8.95. The van der Waals surface area contributed by atoms with Crippen molar-refractivity contribution in [2.45, 2.75) is 45.6 Å². The van der Waals surface area contributed by atoms with Crippen LogP contribution in [0.4, 0.5) is 0 Å². The van der Waals surface area contributed by atoms with Crippen molar-refractivity contribution in [3.63, 3.8) is 0 Å². The maximum atomic E-state index is 11.0. The summed E-state index contributed by atoms with van der Waals surface area (Å²) >= 11 is 3.52. The Balaban J connectivity index is 2.52. The Morgan fingerprint density at radius 3 is 2.63 bits per heavy atom. The summed E-state index contributed by atoms with van der Waals surface area (Å²) in [7, 11) is 1.42. The lowest BCUT2D eigenvalue weighted by Crippen LogP contribution is -2.12. The fraction of sp³-hybridized carbons (Fsp3) is 0.533. The third-order valence-corrected chi connectivity index (χ3v) is 4.17. The molecular weight excluding hydrogens is 306 g/mol. The molecule has 3 nitrogen and oxygen atoms in total. The predicted molar refractivity (Wildman–Crippen MR) is 81.0 cm³/mol. The molecule has 106 valence electrons. The highest BCUT2D eigenvalue weighted by Crippen LogP contribution is 2.26. The van der Waals surface area contributed by atoms with Gasteiger partial charge in [0, 0.05) is 16.9 Å². The molecule has 0 amide bonds. The van der Waals surface area contributed by atoms with Gasteiger partial charge in [-0.1, -0.05) is 28.4 Å². The maximum Gasteiger partial charge on any atom is 0.305 e.